The summed E-state index contributed by atoms with van der Waals surface area (Å²) in [7, 11) is 0. The molecule has 0 bridgehead atoms. The fourth-order valence-corrected chi connectivity index (χ4v) is 8.53. The van der Waals surface area contributed by atoms with E-state index in [1.54, 1.807) is 6.92 Å². The zero-order valence-corrected chi connectivity index (χ0v) is 21.1. The van der Waals surface area contributed by atoms with Gasteiger partial charge in [-0.2, -0.15) is 0 Å². The van der Waals surface area contributed by atoms with Gasteiger partial charge in [0.1, 0.15) is 6.10 Å². The second kappa shape index (κ2) is 10.3. The molecule has 2 aliphatic heterocycles. The van der Waals surface area contributed by atoms with Crippen LogP contribution >= 0.6 is 0 Å². The zero-order valence-electron chi connectivity index (χ0n) is 21.1. The van der Waals surface area contributed by atoms with Gasteiger partial charge >= 0.3 is 0 Å². The third kappa shape index (κ3) is 4.86. The summed E-state index contributed by atoms with van der Waals surface area (Å²) < 4.78 is 5.80. The van der Waals surface area contributed by atoms with E-state index in [0.717, 1.165) is 43.4 Å². The standard InChI is InChI=1S/C28H46N2O3/c1-19-18-29(28(32)27-9-6-16-33-27)26-17-24(14-15-25(26)30(19)20(2)31)23-12-10-22(11-13-23)21-7-4-3-5-8-21/h19,21-27H,3-18H2,1-2H3/t19-,22?,23?,24?,25?,26?,27?/m0/s1. The minimum Gasteiger partial charge on any atom is -0.368 e. The fraction of sp³-hybridized carbons (Fsp3) is 0.929. The summed E-state index contributed by atoms with van der Waals surface area (Å²) >= 11 is 0. The smallest absolute Gasteiger partial charge is 0.252 e. The molecule has 5 rings (SSSR count). The van der Waals surface area contributed by atoms with Gasteiger partial charge in [-0.05, 0) is 88.4 Å². The minimum atomic E-state index is -0.256. The van der Waals surface area contributed by atoms with E-state index in [1.807, 2.05) is 0 Å². The highest BCUT2D eigenvalue weighted by atomic mass is 16.5. The van der Waals surface area contributed by atoms with Gasteiger partial charge in [-0.25, -0.2) is 0 Å². The summed E-state index contributed by atoms with van der Waals surface area (Å²) in [6.07, 6.45) is 17.9. The highest BCUT2D eigenvalue weighted by Gasteiger charge is 2.48. The molecule has 0 aromatic heterocycles. The van der Waals surface area contributed by atoms with Crippen LogP contribution in [0.3, 0.4) is 0 Å². The van der Waals surface area contributed by atoms with Gasteiger partial charge < -0.3 is 14.5 Å². The molecule has 5 fully saturated rings. The summed E-state index contributed by atoms with van der Waals surface area (Å²) in [6, 6.07) is 0.458. The van der Waals surface area contributed by atoms with Crippen LogP contribution in [0.4, 0.5) is 0 Å². The van der Waals surface area contributed by atoms with Crippen LogP contribution in [0.15, 0.2) is 0 Å². The first kappa shape index (κ1) is 23.6. The highest BCUT2D eigenvalue weighted by Crippen LogP contribution is 2.46. The summed E-state index contributed by atoms with van der Waals surface area (Å²) in [6.45, 7) is 5.21. The quantitative estimate of drug-likeness (QED) is 0.586. The molecule has 0 radical (unpaired) electrons. The molecule has 2 saturated heterocycles. The SMILES string of the molecule is CC(=O)N1C2CCC(C3CCC(C4CCCCC4)CC3)CC2N(C(=O)C2CCCO2)C[C@@H]1C. The van der Waals surface area contributed by atoms with Crippen molar-refractivity contribution >= 4 is 11.8 Å². The van der Waals surface area contributed by atoms with Crippen LogP contribution in [0.1, 0.15) is 104 Å². The summed E-state index contributed by atoms with van der Waals surface area (Å²) in [5, 5.41) is 0. The Hall–Kier alpha value is -1.10. The van der Waals surface area contributed by atoms with Crippen LogP contribution in [0.5, 0.6) is 0 Å². The average Bonchev–Trinajstić information content (AvgIpc) is 3.38. The van der Waals surface area contributed by atoms with Crippen molar-refractivity contribution < 1.29 is 14.3 Å². The number of ether oxygens (including phenoxy) is 1. The molecule has 2 heterocycles. The fourth-order valence-electron chi connectivity index (χ4n) is 8.53. The molecule has 0 N–H and O–H groups in total. The molecule has 5 nitrogen and oxygen atoms in total. The second-order valence-corrected chi connectivity index (χ2v) is 12.0. The van der Waals surface area contributed by atoms with Crippen LogP contribution in [0.25, 0.3) is 0 Å². The van der Waals surface area contributed by atoms with Gasteiger partial charge in [0.25, 0.3) is 5.91 Å². The predicted octanol–water partition coefficient (Wildman–Crippen LogP) is 5.17. The van der Waals surface area contributed by atoms with Crippen molar-refractivity contribution in [1.29, 1.82) is 0 Å². The molecule has 5 aliphatic rings. The Morgan fingerprint density at radius 1 is 0.727 bits per heavy atom. The van der Waals surface area contributed by atoms with Gasteiger partial charge in [-0.3, -0.25) is 9.59 Å². The molecule has 0 aromatic rings. The van der Waals surface area contributed by atoms with E-state index in [2.05, 4.69) is 16.7 Å². The molecule has 3 saturated carbocycles. The minimum absolute atomic E-state index is 0.0941. The van der Waals surface area contributed by atoms with Crippen LogP contribution in [0.2, 0.25) is 0 Å². The first-order valence-corrected chi connectivity index (χ1v) is 14.2. The number of fused-ring (bicyclic) bond motifs is 1. The van der Waals surface area contributed by atoms with Gasteiger partial charge in [0.05, 0.1) is 12.1 Å². The van der Waals surface area contributed by atoms with Crippen LogP contribution in [-0.4, -0.2) is 59.0 Å². The molecule has 5 heteroatoms. The maximum atomic E-state index is 13.5. The van der Waals surface area contributed by atoms with Gasteiger partial charge in [-0.1, -0.05) is 32.1 Å². The highest BCUT2D eigenvalue weighted by molar-refractivity contribution is 5.82. The number of rotatable bonds is 3. The summed E-state index contributed by atoms with van der Waals surface area (Å²) in [5.41, 5.74) is 0. The van der Waals surface area contributed by atoms with Crippen LogP contribution in [-0.2, 0) is 14.3 Å². The molecule has 33 heavy (non-hydrogen) atoms. The maximum absolute atomic E-state index is 13.5. The number of hydrogen-bond donors (Lipinski definition) is 0. The molecule has 0 spiro atoms. The number of carbonyl (C=O) groups excluding carboxylic acids is 2. The number of nitrogens with zero attached hydrogens (tertiary/aromatic N) is 2. The van der Waals surface area contributed by atoms with E-state index in [9.17, 15) is 9.59 Å². The zero-order chi connectivity index (χ0) is 22.9. The Morgan fingerprint density at radius 3 is 2.00 bits per heavy atom. The van der Waals surface area contributed by atoms with Crippen molar-refractivity contribution in [3.63, 3.8) is 0 Å². The van der Waals surface area contributed by atoms with Crippen molar-refractivity contribution in [2.24, 2.45) is 23.7 Å². The summed E-state index contributed by atoms with van der Waals surface area (Å²) in [5.74, 6) is 3.86. The lowest BCUT2D eigenvalue weighted by Crippen LogP contribution is -2.68. The van der Waals surface area contributed by atoms with Gasteiger partial charge in [0, 0.05) is 26.1 Å². The second-order valence-electron chi connectivity index (χ2n) is 12.0. The number of amides is 2. The van der Waals surface area contributed by atoms with E-state index in [1.165, 1.54) is 64.2 Å². The first-order chi connectivity index (χ1) is 16.0. The lowest BCUT2D eigenvalue weighted by molar-refractivity contribution is -0.160. The number of piperazine rings is 1. The average molecular weight is 459 g/mol. The molecule has 4 unspecified atom stereocenters. The van der Waals surface area contributed by atoms with E-state index in [4.69, 9.17) is 4.74 Å². The van der Waals surface area contributed by atoms with Gasteiger partial charge in [-0.15, -0.1) is 0 Å². The van der Waals surface area contributed by atoms with Crippen LogP contribution in [0, 0.1) is 23.7 Å². The Kier molecular flexibility index (Phi) is 7.34. The Balaban J connectivity index is 1.26. The van der Waals surface area contributed by atoms with E-state index in [-0.39, 0.29) is 36.0 Å². The number of hydrogen-bond acceptors (Lipinski definition) is 3. The van der Waals surface area contributed by atoms with Crippen molar-refractivity contribution in [2.45, 2.75) is 128 Å². The van der Waals surface area contributed by atoms with E-state index < -0.39 is 0 Å². The molecular weight excluding hydrogens is 412 g/mol. The van der Waals surface area contributed by atoms with E-state index >= 15 is 0 Å². The molecule has 2 amide bonds. The lowest BCUT2D eigenvalue weighted by atomic mass is 9.65. The molecular formula is C28H46N2O3. The van der Waals surface area contributed by atoms with Crippen LogP contribution < -0.4 is 0 Å². The topological polar surface area (TPSA) is 49.9 Å². The third-order valence-electron chi connectivity index (χ3n) is 10.2. The maximum Gasteiger partial charge on any atom is 0.252 e. The number of carbonyl (C=O) groups is 2. The lowest BCUT2D eigenvalue weighted by Gasteiger charge is -2.55. The summed E-state index contributed by atoms with van der Waals surface area (Å²) in [4.78, 5) is 30.3. The predicted molar refractivity (Wildman–Crippen MR) is 130 cm³/mol. The van der Waals surface area contributed by atoms with Crippen molar-refractivity contribution in [3.05, 3.63) is 0 Å². The van der Waals surface area contributed by atoms with Crippen molar-refractivity contribution in [3.8, 4) is 0 Å². The van der Waals surface area contributed by atoms with Gasteiger partial charge in [0.2, 0.25) is 5.91 Å². The Labute approximate surface area is 201 Å². The van der Waals surface area contributed by atoms with E-state index in [0.29, 0.717) is 19.1 Å². The monoisotopic (exact) mass is 458 g/mol. The molecule has 0 aromatic carbocycles. The third-order valence-corrected chi connectivity index (χ3v) is 10.2. The largest absolute Gasteiger partial charge is 0.368 e. The van der Waals surface area contributed by atoms with Crippen molar-refractivity contribution in [2.75, 3.05) is 13.2 Å². The Bertz CT molecular complexity index is 691. The molecule has 3 aliphatic carbocycles. The Morgan fingerprint density at radius 2 is 1.36 bits per heavy atom. The normalized spacial score (nSPS) is 40.5. The molecule has 186 valence electrons. The van der Waals surface area contributed by atoms with Crippen molar-refractivity contribution in [1.82, 2.24) is 9.80 Å². The molecule has 5 atom stereocenters. The van der Waals surface area contributed by atoms with Gasteiger partial charge in [0.15, 0.2) is 0 Å². The first-order valence-electron chi connectivity index (χ1n) is 14.2.